The van der Waals surface area contributed by atoms with Crippen LogP contribution in [-0.2, 0) is 0 Å². The highest BCUT2D eigenvalue weighted by molar-refractivity contribution is 6.26. The van der Waals surface area contributed by atoms with Gasteiger partial charge in [-0.15, -0.1) is 0 Å². The van der Waals surface area contributed by atoms with Gasteiger partial charge in [-0.2, -0.15) is 0 Å². The summed E-state index contributed by atoms with van der Waals surface area (Å²) in [6.45, 7) is 0. The molecule has 0 saturated carbocycles. The molecular weight excluding hydrogens is 1670 g/mol. The third-order valence-electron chi connectivity index (χ3n) is 29.0. The van der Waals surface area contributed by atoms with Crippen molar-refractivity contribution in [2.24, 2.45) is 0 Å². The molecule has 0 radical (unpaired) electrons. The molecule has 6 heterocycles. The van der Waals surface area contributed by atoms with E-state index in [1.807, 2.05) is 0 Å². The molecule has 0 amide bonds. The van der Waals surface area contributed by atoms with Gasteiger partial charge in [-0.05, 0) is 244 Å². The van der Waals surface area contributed by atoms with Crippen molar-refractivity contribution in [3.8, 4) is 67.5 Å². The third kappa shape index (κ3) is 12.4. The first-order valence-corrected chi connectivity index (χ1v) is 47.6. The molecule has 0 saturated heterocycles. The highest BCUT2D eigenvalue weighted by Crippen LogP contribution is 2.47. The minimum Gasteiger partial charge on any atom is -0.309 e. The molecule has 642 valence electrons. The van der Waals surface area contributed by atoms with E-state index < -0.39 is 0 Å². The molecule has 0 atom stereocenters. The molecule has 30 rings (SSSR count). The van der Waals surface area contributed by atoms with Gasteiger partial charge in [0.1, 0.15) is 0 Å². The summed E-state index contributed by atoms with van der Waals surface area (Å²) in [7, 11) is 0. The standard InChI is InChI=1S/C48H30N2.C44H28N2.C40H26N2/c1-2-15-37-35(13-1)36-14-3-4-16-38(36)44-29-31(25-26-39(37)44)32-27-33(49-45-21-9-5-17-40(45)41-18-6-10-22-46(41)49)30-34(28-32)50-47-23-11-7-19-42(47)43-20-8-12-24-48(43)50;1-2-14-33-29(13-1)27-40(35-16-4-3-15-34(33)35)30-25-31(45-41-21-9-5-17-36(41)37-18-6-10-22-42(37)45)28-32(26-30)46-43-23-11-7-19-38(43)39-20-8-12-24-44(39)46;1-2-12-28-23-29(22-21-27(28)11-1)30-24-31(41-37-17-7-3-13-33(37)34-14-4-8-18-38(34)41)26-32(25-30)42-39-19-9-5-15-35(39)36-16-6-10-20-40(36)42/h1-30H;1-28H;1-26H. The van der Waals surface area contributed by atoms with Crippen LogP contribution in [0.25, 0.3) is 263 Å². The summed E-state index contributed by atoms with van der Waals surface area (Å²) in [4.78, 5) is 0. The van der Waals surface area contributed by atoms with Crippen molar-refractivity contribution in [2.45, 2.75) is 0 Å². The molecule has 6 heteroatoms. The van der Waals surface area contributed by atoms with Crippen LogP contribution in [0.1, 0.15) is 0 Å². The first-order valence-electron chi connectivity index (χ1n) is 47.6. The number of para-hydroxylation sites is 12. The van der Waals surface area contributed by atoms with E-state index in [1.54, 1.807) is 0 Å². The Morgan fingerprint density at radius 2 is 0.290 bits per heavy atom. The molecule has 0 bridgehead atoms. The van der Waals surface area contributed by atoms with E-state index in [1.165, 1.54) is 229 Å². The maximum atomic E-state index is 2.44. The molecule has 0 aliphatic heterocycles. The average molecular weight is 1750 g/mol. The number of fused-ring (bicyclic) bond motifs is 28. The second kappa shape index (κ2) is 31.7. The first kappa shape index (κ1) is 78.3. The fourth-order valence-corrected chi connectivity index (χ4v) is 23.0. The Bertz CT molecular complexity index is 9540. The van der Waals surface area contributed by atoms with Gasteiger partial charge in [0.05, 0.1) is 66.2 Å². The summed E-state index contributed by atoms with van der Waals surface area (Å²) in [5, 5.41) is 30.4. The minimum atomic E-state index is 1.14. The van der Waals surface area contributed by atoms with Crippen molar-refractivity contribution in [3.63, 3.8) is 0 Å². The van der Waals surface area contributed by atoms with Crippen LogP contribution in [0.2, 0.25) is 0 Å². The highest BCUT2D eigenvalue weighted by atomic mass is 15.0. The number of aromatic nitrogens is 6. The second-order valence-electron chi connectivity index (χ2n) is 36.5. The second-order valence-corrected chi connectivity index (χ2v) is 36.5. The van der Waals surface area contributed by atoms with Crippen LogP contribution in [0.4, 0.5) is 0 Å². The molecule has 6 aromatic heterocycles. The zero-order chi connectivity index (χ0) is 90.6. The summed E-state index contributed by atoms with van der Waals surface area (Å²) in [5.41, 5.74) is 28.5. The molecule has 0 unspecified atom stereocenters. The van der Waals surface area contributed by atoms with Crippen LogP contribution in [0, 0.1) is 0 Å². The molecule has 6 nitrogen and oxygen atoms in total. The molecule has 138 heavy (non-hydrogen) atoms. The predicted molar refractivity (Wildman–Crippen MR) is 587 cm³/mol. The Kier molecular flexibility index (Phi) is 18.0. The smallest absolute Gasteiger partial charge is 0.0541 e. The van der Waals surface area contributed by atoms with E-state index in [0.29, 0.717) is 0 Å². The van der Waals surface area contributed by atoms with Crippen LogP contribution in [0.3, 0.4) is 0 Å². The fraction of sp³-hybridized carbons (Fsp3) is 0. The fourth-order valence-electron chi connectivity index (χ4n) is 23.0. The van der Waals surface area contributed by atoms with Gasteiger partial charge in [0.25, 0.3) is 0 Å². The summed E-state index contributed by atoms with van der Waals surface area (Å²) in [6, 6.07) is 186. The number of rotatable bonds is 9. The van der Waals surface area contributed by atoms with Crippen molar-refractivity contribution >= 4 is 195 Å². The van der Waals surface area contributed by atoms with Crippen LogP contribution in [0.5, 0.6) is 0 Å². The van der Waals surface area contributed by atoms with Crippen LogP contribution < -0.4 is 0 Å². The van der Waals surface area contributed by atoms with E-state index >= 15 is 0 Å². The molecule has 0 aliphatic carbocycles. The van der Waals surface area contributed by atoms with Crippen LogP contribution in [-0.4, -0.2) is 27.4 Å². The molecule has 24 aromatic carbocycles. The number of hydrogen-bond acceptors (Lipinski definition) is 0. The van der Waals surface area contributed by atoms with Gasteiger partial charge in [-0.25, -0.2) is 0 Å². The molecule has 0 fully saturated rings. The van der Waals surface area contributed by atoms with E-state index in [4.69, 9.17) is 0 Å². The number of hydrogen-bond donors (Lipinski definition) is 0. The van der Waals surface area contributed by atoms with Gasteiger partial charge in [-0.3, -0.25) is 0 Å². The lowest BCUT2D eigenvalue weighted by Crippen LogP contribution is -2.00. The van der Waals surface area contributed by atoms with Gasteiger partial charge in [-0.1, -0.05) is 364 Å². The Hall–Kier alpha value is -18.4. The summed E-state index contributed by atoms with van der Waals surface area (Å²) >= 11 is 0. The number of benzene rings is 24. The van der Waals surface area contributed by atoms with E-state index in [9.17, 15) is 0 Å². The zero-order valence-electron chi connectivity index (χ0n) is 75.2. The Morgan fingerprint density at radius 3 is 0.580 bits per heavy atom. The first-order chi connectivity index (χ1) is 68.5. The minimum absolute atomic E-state index is 1.14. The molecular formula is C132H84N6. The van der Waals surface area contributed by atoms with Crippen molar-refractivity contribution < 1.29 is 0 Å². The summed E-state index contributed by atoms with van der Waals surface area (Å²) < 4.78 is 14.6. The van der Waals surface area contributed by atoms with Crippen molar-refractivity contribution in [2.75, 3.05) is 0 Å². The molecule has 0 N–H and O–H groups in total. The SMILES string of the molecule is c1ccc2c(c1)c1ccccc1c1cc(-c3cc(-n4c5ccccc5c5ccccc54)cc(-n4c5ccccc5c5ccccc54)c3)ccc21.c1ccc2c(c1)cc(-c1cc(-n3c4ccccc4c4ccccc43)cc(-n3c4ccccc4c4ccccc43)c1)c1ccccc12.c1ccc2cc(-c3cc(-n4c5ccccc5c5ccccc54)cc(-n4c5ccccc5c5ccccc54)c3)ccc2c1. The Labute approximate surface area is 794 Å². The van der Waals surface area contributed by atoms with Gasteiger partial charge in [0.15, 0.2) is 0 Å². The molecule has 0 spiro atoms. The van der Waals surface area contributed by atoms with E-state index in [-0.39, 0.29) is 0 Å². The summed E-state index contributed by atoms with van der Waals surface area (Å²) in [6.07, 6.45) is 0. The Morgan fingerprint density at radius 1 is 0.0942 bits per heavy atom. The van der Waals surface area contributed by atoms with Gasteiger partial charge < -0.3 is 27.4 Å². The molecule has 30 aromatic rings. The van der Waals surface area contributed by atoms with E-state index in [2.05, 4.69) is 537 Å². The van der Waals surface area contributed by atoms with Gasteiger partial charge in [0, 0.05) is 98.8 Å². The van der Waals surface area contributed by atoms with Crippen LogP contribution in [0.15, 0.2) is 510 Å². The monoisotopic (exact) mass is 1750 g/mol. The lowest BCUT2D eigenvalue weighted by molar-refractivity contribution is 1.13. The lowest BCUT2D eigenvalue weighted by atomic mass is 9.92. The van der Waals surface area contributed by atoms with Crippen LogP contribution >= 0.6 is 0 Å². The third-order valence-corrected chi connectivity index (χ3v) is 29.0. The summed E-state index contributed by atoms with van der Waals surface area (Å²) in [5.74, 6) is 0. The average Bonchev–Trinajstić information content (AvgIpc) is 1.50. The predicted octanol–water partition coefficient (Wildman–Crippen LogP) is 35.6. The van der Waals surface area contributed by atoms with Gasteiger partial charge >= 0.3 is 0 Å². The van der Waals surface area contributed by atoms with Crippen molar-refractivity contribution in [1.82, 2.24) is 27.4 Å². The van der Waals surface area contributed by atoms with Crippen molar-refractivity contribution in [3.05, 3.63) is 510 Å². The topological polar surface area (TPSA) is 29.6 Å². The number of nitrogens with zero attached hydrogens (tertiary/aromatic N) is 6. The Balaban J connectivity index is 0.000000102. The maximum Gasteiger partial charge on any atom is 0.0541 e. The van der Waals surface area contributed by atoms with Crippen molar-refractivity contribution in [1.29, 1.82) is 0 Å². The quantitative estimate of drug-likeness (QED) is 0.129. The lowest BCUT2D eigenvalue weighted by Gasteiger charge is -2.17. The maximum absolute atomic E-state index is 2.44. The highest BCUT2D eigenvalue weighted by Gasteiger charge is 2.25. The normalized spacial score (nSPS) is 11.9. The van der Waals surface area contributed by atoms with E-state index in [0.717, 1.165) is 34.1 Å². The molecule has 0 aliphatic rings. The zero-order valence-corrected chi connectivity index (χ0v) is 75.2. The largest absolute Gasteiger partial charge is 0.309 e. The van der Waals surface area contributed by atoms with Gasteiger partial charge in [0.2, 0.25) is 0 Å².